The Kier molecular flexibility index (Phi) is 10.5. The normalized spacial score (nSPS) is 27.9. The van der Waals surface area contributed by atoms with Gasteiger partial charge < -0.3 is 29.7 Å². The Labute approximate surface area is 261 Å². The molecule has 1 aromatic rings. The van der Waals surface area contributed by atoms with Crippen molar-refractivity contribution in [3.8, 4) is 0 Å². The molecule has 3 heterocycles. The number of nitrogens with zero attached hydrogens (tertiary/aromatic N) is 2. The van der Waals surface area contributed by atoms with Gasteiger partial charge in [0.15, 0.2) is 0 Å². The average molecular weight is 661 g/mol. The topological polar surface area (TPSA) is 125 Å². The molecular formula is C32H42BrN3O7. The van der Waals surface area contributed by atoms with Crippen molar-refractivity contribution in [2.75, 3.05) is 31.1 Å². The molecule has 4 rings (SSSR count). The fourth-order valence-corrected chi connectivity index (χ4v) is 7.80. The van der Waals surface area contributed by atoms with Crippen molar-refractivity contribution in [1.29, 1.82) is 0 Å². The van der Waals surface area contributed by atoms with Gasteiger partial charge in [0.2, 0.25) is 11.8 Å². The number of carbonyl (C=O) groups is 4. The summed E-state index contributed by atoms with van der Waals surface area (Å²) in [7, 11) is 0. The Morgan fingerprint density at radius 2 is 1.98 bits per heavy atom. The molecule has 0 radical (unpaired) electrons. The Bertz CT molecular complexity index is 1250. The van der Waals surface area contributed by atoms with Crippen LogP contribution < -0.4 is 10.2 Å². The third-order valence-electron chi connectivity index (χ3n) is 8.62. The summed E-state index contributed by atoms with van der Waals surface area (Å²) in [6.07, 6.45) is 3.44. The largest absolute Gasteiger partial charge is 0.460 e. The second-order valence-corrected chi connectivity index (χ2v) is 12.8. The highest BCUT2D eigenvalue weighted by atomic mass is 79.9. The highest BCUT2D eigenvalue weighted by molar-refractivity contribution is 9.09. The number of allylic oxidation sites excluding steroid dienone is 1. The number of halogens is 1. The van der Waals surface area contributed by atoms with Crippen molar-refractivity contribution in [2.24, 2.45) is 11.8 Å². The molecule has 3 amide bonds. The van der Waals surface area contributed by atoms with Crippen molar-refractivity contribution in [2.45, 2.75) is 75.1 Å². The van der Waals surface area contributed by atoms with Gasteiger partial charge in [0, 0.05) is 36.6 Å². The fraction of sp³-hybridized carbons (Fsp3) is 0.562. The van der Waals surface area contributed by atoms with E-state index in [1.807, 2.05) is 32.0 Å². The van der Waals surface area contributed by atoms with Crippen molar-refractivity contribution < 1.29 is 33.8 Å². The number of benzene rings is 1. The van der Waals surface area contributed by atoms with Crippen molar-refractivity contribution >= 4 is 45.3 Å². The predicted octanol–water partition coefficient (Wildman–Crippen LogP) is 2.97. The highest BCUT2D eigenvalue weighted by Crippen LogP contribution is 2.60. The van der Waals surface area contributed by atoms with E-state index in [1.165, 1.54) is 4.90 Å². The Morgan fingerprint density at radius 3 is 2.60 bits per heavy atom. The number of hydrogen-bond acceptors (Lipinski definition) is 7. The summed E-state index contributed by atoms with van der Waals surface area (Å²) in [6, 6.07) is 4.77. The summed E-state index contributed by atoms with van der Waals surface area (Å²) < 4.78 is 12.3. The summed E-state index contributed by atoms with van der Waals surface area (Å²) in [5.74, 6) is -3.32. The SMILES string of the molecule is C=CCCC(=O)NC[C@@H](C)OC(=O)[C@@H]1[C@H]2O[C@@]3(CC2Br)[C@H](C(=O)N(CC=C)c2c(C)cccc2C)N(CCCO)C(=O)[C@@H]13. The number of fused-ring (bicyclic) bond motifs is 1. The number of aryl methyl sites for hydroxylation is 2. The first-order valence-corrected chi connectivity index (χ1v) is 15.7. The van der Waals surface area contributed by atoms with Gasteiger partial charge in [0.05, 0.1) is 24.5 Å². The number of rotatable bonds is 14. The third kappa shape index (κ3) is 6.17. The van der Waals surface area contributed by atoms with Crippen LogP contribution in [-0.4, -0.2) is 88.6 Å². The molecule has 3 saturated heterocycles. The van der Waals surface area contributed by atoms with E-state index in [2.05, 4.69) is 34.4 Å². The standard InChI is InChI=1S/C32H42BrN3O7/c1-6-8-13-23(38)34-18-21(5)42-31(41)24-25-29(39)36(15-10-16-37)28(32(25)17-22(33)27(24)43-32)30(40)35(14-7-2)26-19(3)11-9-12-20(26)4/h6-7,9,11-12,21-22,24-25,27-28,37H,1-2,8,10,13-18H2,3-5H3,(H,34,38)/t21-,22?,24+,25-,27+,28+,32-/m1/s1. The first-order valence-electron chi connectivity index (χ1n) is 14.8. The number of carbonyl (C=O) groups excluding carboxylic acids is 4. The van der Waals surface area contributed by atoms with Crippen LogP contribution in [0.3, 0.4) is 0 Å². The lowest BCUT2D eigenvalue weighted by atomic mass is 9.70. The molecule has 3 aliphatic heterocycles. The van der Waals surface area contributed by atoms with Crippen LogP contribution in [0.25, 0.3) is 0 Å². The van der Waals surface area contributed by atoms with Crippen LogP contribution in [0.2, 0.25) is 0 Å². The monoisotopic (exact) mass is 659 g/mol. The van der Waals surface area contributed by atoms with E-state index < -0.39 is 41.7 Å². The number of alkyl halides is 1. The Hall–Kier alpha value is -3.02. The molecular weight excluding hydrogens is 618 g/mol. The van der Waals surface area contributed by atoms with E-state index in [0.29, 0.717) is 12.8 Å². The van der Waals surface area contributed by atoms with Crippen molar-refractivity contribution in [1.82, 2.24) is 10.2 Å². The number of likely N-dealkylation sites (tertiary alicyclic amines) is 1. The number of anilines is 1. The van der Waals surface area contributed by atoms with Crippen LogP contribution >= 0.6 is 15.9 Å². The van der Waals surface area contributed by atoms with Gasteiger partial charge in [-0.2, -0.15) is 0 Å². The minimum atomic E-state index is -1.26. The summed E-state index contributed by atoms with van der Waals surface area (Å²) in [6.45, 7) is 13.3. The Morgan fingerprint density at radius 1 is 1.28 bits per heavy atom. The summed E-state index contributed by atoms with van der Waals surface area (Å²) in [4.78, 5) is 57.3. The molecule has 43 heavy (non-hydrogen) atoms. The molecule has 3 aliphatic rings. The molecule has 2 bridgehead atoms. The second-order valence-electron chi connectivity index (χ2n) is 11.6. The quantitative estimate of drug-likeness (QED) is 0.179. The molecule has 10 nitrogen and oxygen atoms in total. The molecule has 3 fully saturated rings. The van der Waals surface area contributed by atoms with E-state index in [1.54, 1.807) is 24.0 Å². The Balaban J connectivity index is 1.65. The molecule has 2 N–H and O–H groups in total. The number of nitrogens with one attached hydrogen (secondary N) is 1. The zero-order valence-electron chi connectivity index (χ0n) is 25.1. The molecule has 0 aliphatic carbocycles. The van der Waals surface area contributed by atoms with E-state index >= 15 is 0 Å². The van der Waals surface area contributed by atoms with Crippen LogP contribution in [0.5, 0.6) is 0 Å². The molecule has 234 valence electrons. The predicted molar refractivity (Wildman–Crippen MR) is 166 cm³/mol. The smallest absolute Gasteiger partial charge is 0.312 e. The summed E-state index contributed by atoms with van der Waals surface area (Å²) >= 11 is 3.67. The van der Waals surface area contributed by atoms with Crippen molar-refractivity contribution in [3.05, 3.63) is 54.6 Å². The van der Waals surface area contributed by atoms with Gasteiger partial charge in [0.25, 0.3) is 5.91 Å². The first-order chi connectivity index (χ1) is 20.5. The molecule has 1 aromatic carbocycles. The second kappa shape index (κ2) is 13.7. The maximum Gasteiger partial charge on any atom is 0.312 e. The fourth-order valence-electron chi connectivity index (χ4n) is 6.86. The van der Waals surface area contributed by atoms with E-state index in [0.717, 1.165) is 16.8 Å². The molecule has 0 saturated carbocycles. The average Bonchev–Trinajstić information content (AvgIpc) is 3.56. The van der Waals surface area contributed by atoms with Gasteiger partial charge in [-0.15, -0.1) is 13.2 Å². The minimum absolute atomic E-state index is 0.123. The number of ether oxygens (including phenoxy) is 2. The number of esters is 1. The third-order valence-corrected chi connectivity index (χ3v) is 9.46. The van der Waals surface area contributed by atoms with Crippen LogP contribution in [0, 0.1) is 25.7 Å². The lowest BCUT2D eigenvalue weighted by Gasteiger charge is -2.37. The minimum Gasteiger partial charge on any atom is -0.460 e. The van der Waals surface area contributed by atoms with Crippen LogP contribution in [-0.2, 0) is 28.7 Å². The number of amides is 3. The molecule has 11 heteroatoms. The zero-order chi connectivity index (χ0) is 31.5. The van der Waals surface area contributed by atoms with Crippen molar-refractivity contribution in [3.63, 3.8) is 0 Å². The van der Waals surface area contributed by atoms with Gasteiger partial charge >= 0.3 is 5.97 Å². The highest BCUT2D eigenvalue weighted by Gasteiger charge is 2.77. The van der Waals surface area contributed by atoms with E-state index in [-0.39, 0.29) is 61.6 Å². The van der Waals surface area contributed by atoms with Gasteiger partial charge in [-0.1, -0.05) is 46.3 Å². The van der Waals surface area contributed by atoms with Crippen LogP contribution in [0.15, 0.2) is 43.5 Å². The number of para-hydroxylation sites is 1. The van der Waals surface area contributed by atoms with Gasteiger partial charge in [-0.05, 0) is 51.2 Å². The number of aliphatic hydroxyl groups is 1. The lowest BCUT2D eigenvalue weighted by Crippen LogP contribution is -2.57. The number of hydrogen-bond donors (Lipinski definition) is 2. The van der Waals surface area contributed by atoms with Crippen LogP contribution in [0.4, 0.5) is 5.69 Å². The maximum atomic E-state index is 14.6. The van der Waals surface area contributed by atoms with E-state index in [4.69, 9.17) is 9.47 Å². The van der Waals surface area contributed by atoms with Gasteiger partial charge in [0.1, 0.15) is 17.7 Å². The zero-order valence-corrected chi connectivity index (χ0v) is 26.7. The molecule has 7 atom stereocenters. The lowest BCUT2D eigenvalue weighted by molar-refractivity contribution is -0.159. The summed E-state index contributed by atoms with van der Waals surface area (Å²) in [5.41, 5.74) is 1.28. The molecule has 1 spiro atoms. The van der Waals surface area contributed by atoms with E-state index in [9.17, 15) is 24.3 Å². The first kappa shape index (κ1) is 32.9. The van der Waals surface area contributed by atoms with Crippen LogP contribution in [0.1, 0.15) is 43.7 Å². The van der Waals surface area contributed by atoms with Gasteiger partial charge in [-0.3, -0.25) is 19.2 Å². The molecule has 1 unspecified atom stereocenters. The summed E-state index contributed by atoms with van der Waals surface area (Å²) in [5, 5.41) is 12.4. The maximum absolute atomic E-state index is 14.6. The van der Waals surface area contributed by atoms with Gasteiger partial charge in [-0.25, -0.2) is 0 Å². The molecule has 0 aromatic heterocycles. The number of aliphatic hydroxyl groups excluding tert-OH is 1.